The number of aromatic amines is 1. The number of para-hydroxylation sites is 1. The molecule has 1 spiro atoms. The van der Waals surface area contributed by atoms with Gasteiger partial charge in [0, 0.05) is 22.7 Å². The minimum Gasteiger partial charge on any atom is -0.361 e. The molecule has 1 aromatic carbocycles. The van der Waals surface area contributed by atoms with E-state index in [4.69, 9.17) is 0 Å². The highest BCUT2D eigenvalue weighted by Gasteiger charge is 2.73. The van der Waals surface area contributed by atoms with Crippen LogP contribution in [-0.2, 0) is 9.59 Å². The van der Waals surface area contributed by atoms with Crippen LogP contribution in [0, 0.1) is 29.1 Å². The Bertz CT molecular complexity index is 963. The third kappa shape index (κ3) is 1.52. The van der Waals surface area contributed by atoms with Crippen molar-refractivity contribution in [1.29, 1.82) is 0 Å². The van der Waals surface area contributed by atoms with Gasteiger partial charge in [-0.05, 0) is 36.2 Å². The lowest BCUT2D eigenvalue weighted by Crippen LogP contribution is -2.30. The van der Waals surface area contributed by atoms with Crippen molar-refractivity contribution in [3.05, 3.63) is 48.2 Å². The lowest BCUT2D eigenvalue weighted by molar-refractivity contribution is -0.141. The van der Waals surface area contributed by atoms with Gasteiger partial charge in [0.05, 0.1) is 18.1 Å². The zero-order chi connectivity index (χ0) is 16.8. The Labute approximate surface area is 144 Å². The molecular weight excluding hydrogens is 314 g/mol. The molecule has 6 rings (SSSR count). The summed E-state index contributed by atoms with van der Waals surface area (Å²) in [6, 6.07) is 7.91. The minimum absolute atomic E-state index is 0.116. The van der Waals surface area contributed by atoms with Gasteiger partial charge in [-0.25, -0.2) is 0 Å². The molecule has 2 heterocycles. The molecule has 2 amide bonds. The fourth-order valence-electron chi connectivity index (χ4n) is 5.50. The maximum atomic E-state index is 12.9. The first-order valence-corrected chi connectivity index (χ1v) is 8.87. The molecule has 5 nitrogen and oxygen atoms in total. The summed E-state index contributed by atoms with van der Waals surface area (Å²) in [7, 11) is 0. The standard InChI is InChI=1S/C20H17N3O2/c24-18-16-13-5-6-14(20(13)7-8-20)17(16)19(25)23(18)22-10-11-9-21-15-4-2-1-3-12(11)15/h1-6,9-10,13-14,16-17,21H,7-8H2/b22-10-/t13-,14+,16-,17-/m0/s1. The van der Waals surface area contributed by atoms with Gasteiger partial charge in [0.25, 0.3) is 11.8 Å². The monoisotopic (exact) mass is 331 g/mol. The number of hydrogen-bond donors (Lipinski definition) is 1. The van der Waals surface area contributed by atoms with Crippen LogP contribution in [0.4, 0.5) is 0 Å². The number of hydrogen-bond acceptors (Lipinski definition) is 3. The Kier molecular flexibility index (Phi) is 2.33. The molecule has 3 fully saturated rings. The summed E-state index contributed by atoms with van der Waals surface area (Å²) in [6.07, 6.45) is 10.1. The third-order valence-corrected chi connectivity index (χ3v) is 6.76. The van der Waals surface area contributed by atoms with E-state index in [0.717, 1.165) is 34.3 Å². The molecule has 2 bridgehead atoms. The first-order chi connectivity index (χ1) is 12.2. The molecule has 1 aliphatic heterocycles. The van der Waals surface area contributed by atoms with Gasteiger partial charge < -0.3 is 4.98 Å². The number of aromatic nitrogens is 1. The Morgan fingerprint density at radius 1 is 1.08 bits per heavy atom. The van der Waals surface area contributed by atoms with Crippen molar-refractivity contribution in [3.8, 4) is 0 Å². The average Bonchev–Trinajstić information content (AvgIpc) is 3.00. The maximum absolute atomic E-state index is 12.9. The van der Waals surface area contributed by atoms with Crippen LogP contribution in [0.15, 0.2) is 47.7 Å². The van der Waals surface area contributed by atoms with Crippen LogP contribution >= 0.6 is 0 Å². The van der Waals surface area contributed by atoms with E-state index < -0.39 is 0 Å². The van der Waals surface area contributed by atoms with Crippen LogP contribution in [0.1, 0.15) is 18.4 Å². The second-order valence-electron chi connectivity index (χ2n) is 7.74. The second-order valence-corrected chi connectivity index (χ2v) is 7.74. The van der Waals surface area contributed by atoms with Crippen LogP contribution in [0.3, 0.4) is 0 Å². The van der Waals surface area contributed by atoms with Crippen LogP contribution in [0.5, 0.6) is 0 Å². The quantitative estimate of drug-likeness (QED) is 0.522. The Morgan fingerprint density at radius 2 is 1.76 bits per heavy atom. The summed E-state index contributed by atoms with van der Waals surface area (Å²) in [5.74, 6) is -0.127. The lowest BCUT2D eigenvalue weighted by Gasteiger charge is -2.18. The average molecular weight is 331 g/mol. The Balaban J connectivity index is 1.34. The van der Waals surface area contributed by atoms with Gasteiger partial charge in [0.15, 0.2) is 0 Å². The van der Waals surface area contributed by atoms with Crippen LogP contribution in [-0.4, -0.2) is 28.0 Å². The first kappa shape index (κ1) is 13.6. The molecule has 4 aliphatic rings. The summed E-state index contributed by atoms with van der Waals surface area (Å²) >= 11 is 0. The number of allylic oxidation sites excluding steroid dienone is 2. The smallest absolute Gasteiger partial charge is 0.254 e. The van der Waals surface area contributed by atoms with Crippen LogP contribution < -0.4 is 0 Å². The SMILES string of the molecule is O=C1[C@@H]2[C@@H](C(=O)N1/N=C\c1c[nH]c3ccccc13)[C@@H]1C=C[C@H]2C12CC2. The first-order valence-electron chi connectivity index (χ1n) is 8.87. The molecule has 1 saturated heterocycles. The molecule has 5 heteroatoms. The van der Waals surface area contributed by atoms with E-state index in [2.05, 4.69) is 22.2 Å². The van der Waals surface area contributed by atoms with Gasteiger partial charge in [-0.1, -0.05) is 30.4 Å². The Morgan fingerprint density at radius 3 is 2.44 bits per heavy atom. The molecule has 2 saturated carbocycles. The summed E-state index contributed by atoms with van der Waals surface area (Å²) in [6.45, 7) is 0. The molecule has 0 radical (unpaired) electrons. The van der Waals surface area contributed by atoms with E-state index in [-0.39, 0.29) is 40.9 Å². The van der Waals surface area contributed by atoms with Crippen LogP contribution in [0.2, 0.25) is 0 Å². The number of nitrogens with one attached hydrogen (secondary N) is 1. The summed E-state index contributed by atoms with van der Waals surface area (Å²) < 4.78 is 0. The number of fused-ring (bicyclic) bond motifs is 4. The number of benzene rings is 1. The number of amides is 2. The van der Waals surface area contributed by atoms with Crippen molar-refractivity contribution in [1.82, 2.24) is 9.99 Å². The maximum Gasteiger partial charge on any atom is 0.254 e. The van der Waals surface area contributed by atoms with E-state index in [1.807, 2.05) is 30.5 Å². The number of imide groups is 1. The number of carbonyl (C=O) groups excluding carboxylic acids is 2. The summed E-state index contributed by atoms with van der Waals surface area (Å²) in [5, 5.41) is 6.44. The number of rotatable bonds is 2. The molecule has 2 aromatic rings. The van der Waals surface area contributed by atoms with Crippen molar-refractivity contribution in [2.45, 2.75) is 12.8 Å². The van der Waals surface area contributed by atoms with Crippen LogP contribution in [0.25, 0.3) is 10.9 Å². The normalized spacial score (nSPS) is 34.2. The summed E-state index contributed by atoms with van der Waals surface area (Å²) in [5.41, 5.74) is 2.12. The predicted octanol–water partition coefficient (Wildman–Crippen LogP) is 2.70. The molecule has 1 N–H and O–H groups in total. The van der Waals surface area contributed by atoms with Gasteiger partial charge >= 0.3 is 0 Å². The van der Waals surface area contributed by atoms with Crippen molar-refractivity contribution in [3.63, 3.8) is 0 Å². The summed E-state index contributed by atoms with van der Waals surface area (Å²) in [4.78, 5) is 28.9. The van der Waals surface area contributed by atoms with Crippen molar-refractivity contribution in [2.75, 3.05) is 0 Å². The highest BCUT2D eigenvalue weighted by atomic mass is 16.2. The zero-order valence-corrected chi connectivity index (χ0v) is 13.6. The highest BCUT2D eigenvalue weighted by Crippen LogP contribution is 2.73. The molecule has 3 aliphatic carbocycles. The number of hydrazone groups is 1. The lowest BCUT2D eigenvalue weighted by atomic mass is 9.85. The molecule has 1 aromatic heterocycles. The van der Waals surface area contributed by atoms with E-state index in [1.54, 1.807) is 6.21 Å². The van der Waals surface area contributed by atoms with Crippen molar-refractivity contribution in [2.24, 2.45) is 34.2 Å². The van der Waals surface area contributed by atoms with E-state index in [0.29, 0.717) is 0 Å². The zero-order valence-electron chi connectivity index (χ0n) is 13.6. The topological polar surface area (TPSA) is 65.5 Å². The predicted molar refractivity (Wildman–Crippen MR) is 92.5 cm³/mol. The minimum atomic E-state index is -0.190. The fourth-order valence-corrected chi connectivity index (χ4v) is 5.50. The molecule has 4 atom stereocenters. The molecule has 25 heavy (non-hydrogen) atoms. The van der Waals surface area contributed by atoms with Gasteiger partial charge in [-0.15, -0.1) is 0 Å². The second kappa shape index (κ2) is 4.28. The van der Waals surface area contributed by atoms with Gasteiger partial charge in [0.1, 0.15) is 0 Å². The van der Waals surface area contributed by atoms with E-state index in [1.165, 1.54) is 0 Å². The number of carbonyl (C=O) groups is 2. The fraction of sp³-hybridized carbons (Fsp3) is 0.350. The van der Waals surface area contributed by atoms with E-state index >= 15 is 0 Å². The Hall–Kier alpha value is -2.69. The van der Waals surface area contributed by atoms with Crippen molar-refractivity contribution >= 4 is 28.9 Å². The van der Waals surface area contributed by atoms with Gasteiger partial charge in [0.2, 0.25) is 0 Å². The van der Waals surface area contributed by atoms with Gasteiger partial charge in [-0.2, -0.15) is 10.1 Å². The molecular formula is C20H17N3O2. The van der Waals surface area contributed by atoms with Gasteiger partial charge in [-0.3, -0.25) is 9.59 Å². The number of H-pyrrole nitrogens is 1. The van der Waals surface area contributed by atoms with Crippen molar-refractivity contribution < 1.29 is 9.59 Å². The third-order valence-electron chi connectivity index (χ3n) is 6.76. The molecule has 124 valence electrons. The van der Waals surface area contributed by atoms with E-state index in [9.17, 15) is 9.59 Å². The number of nitrogens with zero attached hydrogens (tertiary/aromatic N) is 2. The molecule has 0 unspecified atom stereocenters. The highest BCUT2D eigenvalue weighted by molar-refractivity contribution is 6.08. The largest absolute Gasteiger partial charge is 0.361 e.